The van der Waals surface area contributed by atoms with Crippen LogP contribution in [0.25, 0.3) is 0 Å². The molecule has 0 fully saturated rings. The van der Waals surface area contributed by atoms with Crippen LogP contribution >= 0.6 is 0 Å². The summed E-state index contributed by atoms with van der Waals surface area (Å²) in [5.41, 5.74) is 0.294. The van der Waals surface area contributed by atoms with Gasteiger partial charge in [0.1, 0.15) is 11.9 Å². The van der Waals surface area contributed by atoms with Crippen LogP contribution in [0.3, 0.4) is 0 Å². The number of hydrogen-bond acceptors (Lipinski definition) is 4. The molecule has 0 bridgehead atoms. The summed E-state index contributed by atoms with van der Waals surface area (Å²) in [7, 11) is 0. The molecule has 7 heteroatoms. The molecule has 1 rings (SSSR count). The quantitative estimate of drug-likeness (QED) is 0.861. The summed E-state index contributed by atoms with van der Waals surface area (Å²) < 4.78 is 40.2. The maximum absolute atomic E-state index is 11.9. The first-order valence-electron chi connectivity index (χ1n) is 5.36. The zero-order chi connectivity index (χ0) is 14.5. The third-order valence-electron chi connectivity index (χ3n) is 2.29. The summed E-state index contributed by atoms with van der Waals surface area (Å²) in [6.45, 7) is -1.40. The van der Waals surface area contributed by atoms with Crippen LogP contribution in [-0.2, 0) is 0 Å². The molecule has 0 radical (unpaired) electrons. The van der Waals surface area contributed by atoms with Gasteiger partial charge in [-0.1, -0.05) is 12.1 Å². The van der Waals surface area contributed by atoms with E-state index in [1.807, 2.05) is 0 Å². The Labute approximate surface area is 107 Å². The molecule has 1 aromatic rings. The van der Waals surface area contributed by atoms with Gasteiger partial charge in [-0.2, -0.15) is 18.4 Å². The molecule has 0 heterocycles. The summed E-state index contributed by atoms with van der Waals surface area (Å²) in [5.74, 6) is 0.00282. The third-order valence-corrected chi connectivity index (χ3v) is 2.29. The minimum Gasteiger partial charge on any atom is -0.484 e. The molecule has 19 heavy (non-hydrogen) atoms. The maximum Gasteiger partial charge on any atom is 0.422 e. The molecule has 104 valence electrons. The second kappa shape index (κ2) is 6.41. The molecule has 2 unspecified atom stereocenters. The van der Waals surface area contributed by atoms with Crippen molar-refractivity contribution in [2.45, 2.75) is 24.8 Å². The highest BCUT2D eigenvalue weighted by Gasteiger charge is 2.28. The zero-order valence-corrected chi connectivity index (χ0v) is 9.76. The van der Waals surface area contributed by atoms with Crippen LogP contribution in [0.1, 0.15) is 18.1 Å². The first-order chi connectivity index (χ1) is 8.83. The molecule has 0 amide bonds. The Hall–Kier alpha value is -1.78. The average Bonchev–Trinajstić information content (AvgIpc) is 2.35. The van der Waals surface area contributed by atoms with Gasteiger partial charge in [-0.05, 0) is 17.7 Å². The van der Waals surface area contributed by atoms with Gasteiger partial charge >= 0.3 is 6.18 Å². The number of nitrogens with zero attached hydrogens (tertiary/aromatic N) is 1. The molecule has 2 atom stereocenters. The molecular formula is C12H12F3NO3. The van der Waals surface area contributed by atoms with E-state index >= 15 is 0 Å². The first kappa shape index (κ1) is 15.3. The summed E-state index contributed by atoms with van der Waals surface area (Å²) in [6.07, 6.45) is -7.17. The second-order valence-corrected chi connectivity index (χ2v) is 3.85. The minimum absolute atomic E-state index is 0.00282. The number of benzene rings is 1. The van der Waals surface area contributed by atoms with Gasteiger partial charge < -0.3 is 14.9 Å². The van der Waals surface area contributed by atoms with Gasteiger partial charge in [0.2, 0.25) is 0 Å². The predicted octanol–water partition coefficient (Wildman–Crippen LogP) is 1.94. The molecule has 0 aliphatic heterocycles. The van der Waals surface area contributed by atoms with Crippen LogP contribution < -0.4 is 4.74 Å². The lowest BCUT2D eigenvalue weighted by atomic mass is 10.0. The van der Waals surface area contributed by atoms with Gasteiger partial charge in [-0.25, -0.2) is 0 Å². The Morgan fingerprint density at radius 2 is 1.79 bits per heavy atom. The standard InChI is InChI=1S/C12H12F3NO3/c13-12(14,15)7-19-9-3-1-8(2-4-9)11(18)10(17)5-6-16/h1-4,10-11,17-18H,5,7H2. The number of alkyl halides is 3. The SMILES string of the molecule is N#CCC(O)C(O)c1ccc(OCC(F)(F)F)cc1. The van der Waals surface area contributed by atoms with Crippen molar-refractivity contribution in [3.8, 4) is 11.8 Å². The fourth-order valence-corrected chi connectivity index (χ4v) is 1.35. The summed E-state index contributed by atoms with van der Waals surface area (Å²) >= 11 is 0. The van der Waals surface area contributed by atoms with Crippen LogP contribution in [0.4, 0.5) is 13.2 Å². The Kier molecular flexibility index (Phi) is 5.15. The van der Waals surface area contributed by atoms with Crippen LogP contribution in [-0.4, -0.2) is 29.1 Å². The molecule has 0 aliphatic carbocycles. The summed E-state index contributed by atoms with van der Waals surface area (Å²) in [6, 6.07) is 6.87. The molecule has 0 aliphatic rings. The molecular weight excluding hydrogens is 263 g/mol. The van der Waals surface area contributed by atoms with E-state index in [9.17, 15) is 23.4 Å². The van der Waals surface area contributed by atoms with Crippen molar-refractivity contribution in [2.75, 3.05) is 6.61 Å². The minimum atomic E-state index is -4.42. The highest BCUT2D eigenvalue weighted by molar-refractivity contribution is 5.29. The first-order valence-corrected chi connectivity index (χ1v) is 5.36. The number of ether oxygens (including phenoxy) is 1. The highest BCUT2D eigenvalue weighted by atomic mass is 19.4. The predicted molar refractivity (Wildman–Crippen MR) is 59.2 cm³/mol. The number of aliphatic hydroxyl groups excluding tert-OH is 2. The molecule has 1 aromatic carbocycles. The topological polar surface area (TPSA) is 73.5 Å². The largest absolute Gasteiger partial charge is 0.484 e. The van der Waals surface area contributed by atoms with Crippen molar-refractivity contribution in [1.29, 1.82) is 5.26 Å². The highest BCUT2D eigenvalue weighted by Crippen LogP contribution is 2.23. The lowest BCUT2D eigenvalue weighted by Gasteiger charge is -2.16. The summed E-state index contributed by atoms with van der Waals surface area (Å²) in [5, 5.41) is 27.4. The lowest BCUT2D eigenvalue weighted by molar-refractivity contribution is -0.153. The van der Waals surface area contributed by atoms with Gasteiger partial charge in [0.25, 0.3) is 0 Å². The van der Waals surface area contributed by atoms with Crippen molar-refractivity contribution in [2.24, 2.45) is 0 Å². The normalized spacial score (nSPS) is 14.5. The van der Waals surface area contributed by atoms with E-state index in [4.69, 9.17) is 5.26 Å². The van der Waals surface area contributed by atoms with Gasteiger partial charge in [0.15, 0.2) is 6.61 Å². The summed E-state index contributed by atoms with van der Waals surface area (Å²) in [4.78, 5) is 0. The fraction of sp³-hybridized carbons (Fsp3) is 0.417. The Morgan fingerprint density at radius 1 is 1.21 bits per heavy atom. The molecule has 0 saturated heterocycles. The van der Waals surface area contributed by atoms with Crippen molar-refractivity contribution in [3.63, 3.8) is 0 Å². The molecule has 0 spiro atoms. The van der Waals surface area contributed by atoms with E-state index in [0.717, 1.165) is 0 Å². The molecule has 2 N–H and O–H groups in total. The van der Waals surface area contributed by atoms with Crippen LogP contribution in [0.2, 0.25) is 0 Å². The number of halogens is 3. The second-order valence-electron chi connectivity index (χ2n) is 3.85. The van der Waals surface area contributed by atoms with Gasteiger partial charge in [0, 0.05) is 0 Å². The van der Waals surface area contributed by atoms with E-state index < -0.39 is 25.0 Å². The molecule has 4 nitrogen and oxygen atoms in total. The smallest absolute Gasteiger partial charge is 0.422 e. The van der Waals surface area contributed by atoms with Crippen LogP contribution in [0.15, 0.2) is 24.3 Å². The fourth-order valence-electron chi connectivity index (χ4n) is 1.35. The van der Waals surface area contributed by atoms with Crippen LogP contribution in [0, 0.1) is 11.3 Å². The van der Waals surface area contributed by atoms with E-state index in [2.05, 4.69) is 4.74 Å². The average molecular weight is 275 g/mol. The van der Waals surface area contributed by atoms with Gasteiger partial charge in [-0.15, -0.1) is 0 Å². The van der Waals surface area contributed by atoms with Crippen molar-refractivity contribution < 1.29 is 28.1 Å². The van der Waals surface area contributed by atoms with E-state index in [1.165, 1.54) is 24.3 Å². The number of nitriles is 1. The third kappa shape index (κ3) is 5.16. The Morgan fingerprint density at radius 3 is 2.26 bits per heavy atom. The number of rotatable bonds is 5. The van der Waals surface area contributed by atoms with Gasteiger partial charge in [-0.3, -0.25) is 0 Å². The monoisotopic (exact) mass is 275 g/mol. The number of aliphatic hydroxyl groups is 2. The van der Waals surface area contributed by atoms with Gasteiger partial charge in [0.05, 0.1) is 18.6 Å². The van der Waals surface area contributed by atoms with E-state index in [1.54, 1.807) is 6.07 Å². The lowest BCUT2D eigenvalue weighted by Crippen LogP contribution is -2.19. The maximum atomic E-state index is 11.9. The Bertz CT molecular complexity index is 439. The van der Waals surface area contributed by atoms with E-state index in [-0.39, 0.29) is 12.2 Å². The number of hydrogen-bond donors (Lipinski definition) is 2. The Balaban J connectivity index is 2.64. The van der Waals surface area contributed by atoms with Crippen LogP contribution in [0.5, 0.6) is 5.75 Å². The van der Waals surface area contributed by atoms with Crippen molar-refractivity contribution in [3.05, 3.63) is 29.8 Å². The molecule has 0 aromatic heterocycles. The van der Waals surface area contributed by atoms with E-state index in [0.29, 0.717) is 5.56 Å². The zero-order valence-electron chi connectivity index (χ0n) is 9.76. The van der Waals surface area contributed by atoms with Crippen molar-refractivity contribution >= 4 is 0 Å². The van der Waals surface area contributed by atoms with Crippen molar-refractivity contribution in [1.82, 2.24) is 0 Å². The molecule has 0 saturated carbocycles.